The van der Waals surface area contributed by atoms with Gasteiger partial charge in [-0.05, 0) is 82.7 Å². The van der Waals surface area contributed by atoms with Gasteiger partial charge in [0.25, 0.3) is 0 Å². The SMILES string of the molecule is c1ccc(-c2cccc3c4cccc(-c5ccccc5)c4n(B4c5ccccc5-n5c6ccc(-n7c8ccccc8c8ccccc87)cc6c6cc(-n7c8ccccc8c8ccccc87)cc4c65)c23)cc1. The fourth-order valence-corrected chi connectivity index (χ4v) is 12.8. The molecule has 5 heterocycles. The van der Waals surface area contributed by atoms with E-state index in [0.717, 1.165) is 11.4 Å². The van der Waals surface area contributed by atoms with Crippen LogP contribution in [0.4, 0.5) is 0 Å². The summed E-state index contributed by atoms with van der Waals surface area (Å²) < 4.78 is 10.3. The Kier molecular flexibility index (Phi) is 7.94. The van der Waals surface area contributed by atoms with Crippen LogP contribution in [0.25, 0.3) is 127 Å². The lowest BCUT2D eigenvalue weighted by molar-refractivity contribution is 1.16. The second-order valence-electron chi connectivity index (χ2n) is 19.2. The molecule has 0 bridgehead atoms. The molecular weight excluding hydrogens is 860 g/mol. The van der Waals surface area contributed by atoms with Crippen LogP contribution in [0, 0.1) is 0 Å². The van der Waals surface area contributed by atoms with Crippen molar-refractivity contribution in [2.45, 2.75) is 0 Å². The van der Waals surface area contributed by atoms with E-state index < -0.39 is 0 Å². The van der Waals surface area contributed by atoms with Crippen molar-refractivity contribution >= 4 is 105 Å². The topological polar surface area (TPSA) is 19.7 Å². The van der Waals surface area contributed by atoms with E-state index in [4.69, 9.17) is 0 Å². The van der Waals surface area contributed by atoms with Crippen molar-refractivity contribution in [2.24, 2.45) is 0 Å². The lowest BCUT2D eigenvalue weighted by Gasteiger charge is -2.30. The fraction of sp³-hybridized carbons (Fsp3) is 0. The zero-order valence-electron chi connectivity index (χ0n) is 38.5. The van der Waals surface area contributed by atoms with Crippen molar-refractivity contribution in [1.82, 2.24) is 18.2 Å². The average molecular weight is 901 g/mol. The molecule has 0 amide bonds. The first kappa shape index (κ1) is 38.6. The first-order valence-electron chi connectivity index (χ1n) is 24.6. The lowest BCUT2D eigenvalue weighted by Crippen LogP contribution is -2.53. The van der Waals surface area contributed by atoms with Gasteiger partial charge in [0.1, 0.15) is 0 Å². The molecule has 0 aliphatic carbocycles. The van der Waals surface area contributed by atoms with Crippen molar-refractivity contribution in [3.8, 4) is 39.3 Å². The number of benzene rings is 11. The molecule has 0 spiro atoms. The van der Waals surface area contributed by atoms with E-state index in [2.05, 4.69) is 267 Å². The quantitative estimate of drug-likeness (QED) is 0.153. The monoisotopic (exact) mass is 900 g/mol. The van der Waals surface area contributed by atoms with E-state index in [1.54, 1.807) is 0 Å². The Hall–Kier alpha value is -9.32. The van der Waals surface area contributed by atoms with Gasteiger partial charge in [0, 0.05) is 82.3 Å². The minimum Gasteiger partial charge on any atom is -0.375 e. The van der Waals surface area contributed by atoms with Gasteiger partial charge in [-0.15, -0.1) is 0 Å². The molecule has 0 radical (unpaired) electrons. The largest absolute Gasteiger partial charge is 0.375 e. The molecule has 0 fully saturated rings. The molecule has 5 heteroatoms. The maximum absolute atomic E-state index is 2.73. The molecule has 1 aliphatic heterocycles. The fourth-order valence-electron chi connectivity index (χ4n) is 12.8. The second kappa shape index (κ2) is 14.6. The number of fused-ring (bicyclic) bond motifs is 14. The Morgan fingerprint density at radius 1 is 0.254 bits per heavy atom. The smallest absolute Gasteiger partial charge is 0.332 e. The molecule has 11 aromatic carbocycles. The van der Waals surface area contributed by atoms with Gasteiger partial charge in [0.2, 0.25) is 0 Å². The maximum atomic E-state index is 2.73. The summed E-state index contributed by atoms with van der Waals surface area (Å²) in [6.45, 7) is -0.218. The van der Waals surface area contributed by atoms with Crippen LogP contribution in [0.3, 0.4) is 0 Å². The van der Waals surface area contributed by atoms with Crippen LogP contribution >= 0.6 is 0 Å². The molecule has 4 aromatic heterocycles. The summed E-state index contributed by atoms with van der Waals surface area (Å²) in [6.07, 6.45) is 0. The summed E-state index contributed by atoms with van der Waals surface area (Å²) in [5, 5.41) is 9.94. The van der Waals surface area contributed by atoms with Crippen LogP contribution in [0.2, 0.25) is 0 Å². The van der Waals surface area contributed by atoms with Crippen LogP contribution in [-0.2, 0) is 0 Å². The van der Waals surface area contributed by atoms with Crippen LogP contribution < -0.4 is 10.9 Å². The van der Waals surface area contributed by atoms with E-state index in [9.17, 15) is 0 Å². The van der Waals surface area contributed by atoms with Gasteiger partial charge in [-0.25, -0.2) is 0 Å². The molecule has 0 saturated carbocycles. The standard InChI is InChI=1S/C66H41BN4/c1-3-19-42(20-4-1)46-27-17-29-52-53-30-18-28-47(43-21-5-2-6-22-43)65(53)71(64(46)52)67-56-31-11-16-36-63(56)70-62-38-37-44(68-58-32-12-7-23-48(58)49-24-8-13-33-59(49)68)39-54(62)55-40-45(41-57(67)66(55)70)69-60-34-14-9-25-50(60)51-26-10-15-35-61(51)69/h1-41H. The van der Waals surface area contributed by atoms with Crippen LogP contribution in [0.5, 0.6) is 0 Å². The highest BCUT2D eigenvalue weighted by Gasteiger charge is 2.38. The predicted octanol–water partition coefficient (Wildman–Crippen LogP) is 15.4. The number of hydrogen-bond donors (Lipinski definition) is 0. The highest BCUT2D eigenvalue weighted by Crippen LogP contribution is 2.44. The molecule has 15 aromatic rings. The summed E-state index contributed by atoms with van der Waals surface area (Å²) in [4.78, 5) is 0. The number of para-hydroxylation sites is 7. The van der Waals surface area contributed by atoms with Gasteiger partial charge in [0.15, 0.2) is 0 Å². The first-order chi connectivity index (χ1) is 35.3. The molecule has 0 atom stereocenters. The van der Waals surface area contributed by atoms with Crippen molar-refractivity contribution in [2.75, 3.05) is 0 Å². The summed E-state index contributed by atoms with van der Waals surface area (Å²) in [7, 11) is 0. The maximum Gasteiger partial charge on any atom is 0.332 e. The second-order valence-corrected chi connectivity index (χ2v) is 19.2. The third-order valence-corrected chi connectivity index (χ3v) is 15.6. The summed E-state index contributed by atoms with van der Waals surface area (Å²) in [5.74, 6) is 0. The van der Waals surface area contributed by atoms with E-state index in [1.807, 2.05) is 0 Å². The zero-order chi connectivity index (χ0) is 46.3. The molecule has 0 unspecified atom stereocenters. The first-order valence-corrected chi connectivity index (χ1v) is 24.6. The molecule has 1 aliphatic rings. The minimum absolute atomic E-state index is 0.218. The average Bonchev–Trinajstić information content (AvgIpc) is 4.17. The Balaban J connectivity index is 1.10. The molecule has 0 N–H and O–H groups in total. The zero-order valence-corrected chi connectivity index (χ0v) is 38.5. The third-order valence-electron chi connectivity index (χ3n) is 15.6. The summed E-state index contributed by atoms with van der Waals surface area (Å²) >= 11 is 0. The van der Waals surface area contributed by atoms with Gasteiger partial charge < -0.3 is 18.2 Å². The summed E-state index contributed by atoms with van der Waals surface area (Å²) in [6, 6.07) is 92.5. The van der Waals surface area contributed by atoms with Crippen LogP contribution in [0.1, 0.15) is 0 Å². The van der Waals surface area contributed by atoms with Gasteiger partial charge in [-0.2, -0.15) is 0 Å². The Morgan fingerprint density at radius 3 is 1.24 bits per heavy atom. The Bertz CT molecular complexity index is 4500. The predicted molar refractivity (Wildman–Crippen MR) is 300 cm³/mol. The molecule has 4 nitrogen and oxygen atoms in total. The molecule has 0 saturated heterocycles. The highest BCUT2D eigenvalue weighted by atomic mass is 15.0. The van der Waals surface area contributed by atoms with Crippen molar-refractivity contribution < 1.29 is 0 Å². The number of nitrogens with zero attached hydrogens (tertiary/aromatic N) is 4. The van der Waals surface area contributed by atoms with Gasteiger partial charge >= 0.3 is 6.85 Å². The van der Waals surface area contributed by atoms with Gasteiger partial charge in [-0.3, -0.25) is 0 Å². The third kappa shape index (κ3) is 5.29. The van der Waals surface area contributed by atoms with Gasteiger partial charge in [-0.1, -0.05) is 188 Å². The van der Waals surface area contributed by atoms with Crippen molar-refractivity contribution in [1.29, 1.82) is 0 Å². The highest BCUT2D eigenvalue weighted by molar-refractivity contribution is 6.88. The number of hydrogen-bond acceptors (Lipinski definition) is 0. The van der Waals surface area contributed by atoms with Gasteiger partial charge in [0.05, 0.1) is 33.1 Å². The van der Waals surface area contributed by atoms with Crippen molar-refractivity contribution in [3.63, 3.8) is 0 Å². The van der Waals surface area contributed by atoms with E-state index >= 15 is 0 Å². The lowest BCUT2D eigenvalue weighted by atomic mass is 9.48. The molecule has 71 heavy (non-hydrogen) atoms. The number of rotatable bonds is 5. The van der Waals surface area contributed by atoms with E-state index in [0.29, 0.717) is 0 Å². The van der Waals surface area contributed by atoms with E-state index in [1.165, 1.54) is 126 Å². The normalized spacial score (nSPS) is 12.5. The summed E-state index contributed by atoms with van der Waals surface area (Å²) in [5.41, 5.74) is 20.5. The number of aromatic nitrogens is 4. The molecule has 16 rings (SSSR count). The minimum atomic E-state index is -0.218. The van der Waals surface area contributed by atoms with Crippen LogP contribution in [-0.4, -0.2) is 25.0 Å². The molecule has 328 valence electrons. The Morgan fingerprint density at radius 2 is 0.690 bits per heavy atom. The Labute approximate surface area is 409 Å². The van der Waals surface area contributed by atoms with Crippen LogP contribution in [0.15, 0.2) is 249 Å². The van der Waals surface area contributed by atoms with E-state index in [-0.39, 0.29) is 6.85 Å². The molecular formula is C66H41BN4. The van der Waals surface area contributed by atoms with Crippen molar-refractivity contribution in [3.05, 3.63) is 249 Å².